The number of amides is 3. The zero-order valence-electron chi connectivity index (χ0n) is 21.1. The number of rotatable bonds is 8. The van der Waals surface area contributed by atoms with E-state index in [-0.39, 0.29) is 29.6 Å². The van der Waals surface area contributed by atoms with Crippen LogP contribution >= 0.6 is 11.8 Å². The molecule has 198 valence electrons. The quantitative estimate of drug-likeness (QED) is 0.363. The molecule has 0 aromatic carbocycles. The average molecular weight is 519 g/mol. The molecule has 1 N–H and O–H groups in total. The molecule has 5 aliphatic heterocycles. The van der Waals surface area contributed by atoms with Gasteiger partial charge in [0.25, 0.3) is 0 Å². The number of ether oxygens (including phenoxy) is 1. The molecule has 0 saturated carbocycles. The Bertz CT molecular complexity index is 922. The Labute approximate surface area is 217 Å². The maximum absolute atomic E-state index is 14.2. The first-order valence-electron chi connectivity index (χ1n) is 13.3. The molecule has 0 aromatic heterocycles. The van der Waals surface area contributed by atoms with E-state index >= 15 is 0 Å². The Morgan fingerprint density at radius 3 is 2.58 bits per heavy atom. The third-order valence-corrected chi connectivity index (χ3v) is 10.0. The second kappa shape index (κ2) is 10.8. The van der Waals surface area contributed by atoms with Crippen LogP contribution in [-0.4, -0.2) is 131 Å². The van der Waals surface area contributed by atoms with Gasteiger partial charge < -0.3 is 24.5 Å². The molecule has 10 heteroatoms. The Kier molecular flexibility index (Phi) is 7.76. The van der Waals surface area contributed by atoms with Crippen LogP contribution in [0, 0.1) is 11.8 Å². The zero-order valence-corrected chi connectivity index (χ0v) is 21.9. The lowest BCUT2D eigenvalue weighted by atomic mass is 9.78. The fraction of sp³-hybridized carbons (Fsp3) is 0.731. The molecule has 0 radical (unpaired) electrons. The highest BCUT2D eigenvalue weighted by atomic mass is 32.2. The predicted molar refractivity (Wildman–Crippen MR) is 137 cm³/mol. The number of nitrogens with zero attached hydrogens (tertiary/aromatic N) is 4. The van der Waals surface area contributed by atoms with Crippen LogP contribution in [0.2, 0.25) is 0 Å². The molecule has 5 atom stereocenters. The normalized spacial score (nSPS) is 34.6. The number of carbonyl (C=O) groups is 3. The summed E-state index contributed by atoms with van der Waals surface area (Å²) in [6.45, 7) is 6.18. The minimum atomic E-state index is -0.744. The molecule has 3 amide bonds. The molecule has 3 fully saturated rings. The molecule has 1 unspecified atom stereocenters. The van der Waals surface area contributed by atoms with Crippen LogP contribution in [0.15, 0.2) is 24.3 Å². The van der Waals surface area contributed by atoms with Crippen LogP contribution in [0.5, 0.6) is 0 Å². The fourth-order valence-corrected chi connectivity index (χ4v) is 8.42. The van der Waals surface area contributed by atoms with E-state index in [1.165, 1.54) is 0 Å². The number of likely N-dealkylation sites (N-methyl/N-ethyl adjacent to an activating group) is 1. The number of unbranched alkanes of at least 4 members (excludes halogenated alkanes) is 2. The summed E-state index contributed by atoms with van der Waals surface area (Å²) in [6.07, 6.45) is 10.4. The van der Waals surface area contributed by atoms with Crippen LogP contribution in [0.4, 0.5) is 0 Å². The van der Waals surface area contributed by atoms with Gasteiger partial charge in [0.2, 0.25) is 17.7 Å². The second-order valence-corrected chi connectivity index (χ2v) is 11.9. The van der Waals surface area contributed by atoms with E-state index in [1.54, 1.807) is 28.6 Å². The highest BCUT2D eigenvalue weighted by Crippen LogP contribution is 2.60. The molecule has 3 saturated heterocycles. The first-order chi connectivity index (χ1) is 17.5. The summed E-state index contributed by atoms with van der Waals surface area (Å²) in [5, 5.41) is 9.09. The van der Waals surface area contributed by atoms with Crippen molar-refractivity contribution in [3.05, 3.63) is 24.3 Å². The van der Waals surface area contributed by atoms with Gasteiger partial charge in [-0.3, -0.25) is 19.3 Å². The largest absolute Gasteiger partial charge is 0.396 e. The summed E-state index contributed by atoms with van der Waals surface area (Å²) in [5.74, 6) is -1.11. The lowest BCUT2D eigenvalue weighted by Gasteiger charge is -2.36. The predicted octanol–water partition coefficient (Wildman–Crippen LogP) is 0.205. The number of aliphatic hydroxyl groups is 1. The molecule has 0 bridgehead atoms. The van der Waals surface area contributed by atoms with Gasteiger partial charge in [0.1, 0.15) is 6.04 Å². The number of fused-ring (bicyclic) bond motifs is 2. The summed E-state index contributed by atoms with van der Waals surface area (Å²) in [7, 11) is 1.79. The van der Waals surface area contributed by atoms with Gasteiger partial charge in [-0.2, -0.15) is 0 Å². The lowest BCUT2D eigenvalue weighted by Crippen LogP contribution is -2.54. The summed E-state index contributed by atoms with van der Waals surface area (Å²) >= 11 is 1.63. The lowest BCUT2D eigenvalue weighted by molar-refractivity contribution is -0.144. The summed E-state index contributed by atoms with van der Waals surface area (Å²) < 4.78 is 4.71. The highest BCUT2D eigenvalue weighted by Gasteiger charge is 2.70. The third-order valence-electron chi connectivity index (χ3n) is 8.29. The Hall–Kier alpha value is -1.88. The van der Waals surface area contributed by atoms with E-state index < -0.39 is 22.6 Å². The maximum atomic E-state index is 14.2. The SMILES string of the molecule is CN1CC=C[C@H]2S[C@]34C=CCN(CCN5CCOCC5)C(=O)C3N(CCCCCO)C(=O)[C@@H]4[C@H]2C1=O. The van der Waals surface area contributed by atoms with Gasteiger partial charge in [-0.1, -0.05) is 24.3 Å². The van der Waals surface area contributed by atoms with Crippen LogP contribution < -0.4 is 0 Å². The average Bonchev–Trinajstić information content (AvgIpc) is 3.20. The van der Waals surface area contributed by atoms with Crippen molar-refractivity contribution in [3.8, 4) is 0 Å². The van der Waals surface area contributed by atoms with Crippen molar-refractivity contribution >= 4 is 29.5 Å². The molecule has 5 heterocycles. The number of hydrogen-bond acceptors (Lipinski definition) is 7. The van der Waals surface area contributed by atoms with E-state index in [1.807, 2.05) is 17.1 Å². The van der Waals surface area contributed by atoms with Crippen molar-refractivity contribution in [2.75, 3.05) is 72.7 Å². The topological polar surface area (TPSA) is 93.6 Å². The van der Waals surface area contributed by atoms with Gasteiger partial charge in [-0.15, -0.1) is 11.8 Å². The van der Waals surface area contributed by atoms with E-state index in [4.69, 9.17) is 4.74 Å². The van der Waals surface area contributed by atoms with Crippen LogP contribution in [0.3, 0.4) is 0 Å². The summed E-state index contributed by atoms with van der Waals surface area (Å²) in [6, 6.07) is -0.615. The smallest absolute Gasteiger partial charge is 0.247 e. The fourth-order valence-electron chi connectivity index (χ4n) is 6.41. The number of thioether (sulfide) groups is 1. The van der Waals surface area contributed by atoms with E-state index in [0.717, 1.165) is 32.5 Å². The standard InChI is InChI=1S/C26H38N4O5S/c1-27-9-5-7-19-20(23(27)32)21-24(33)30(11-3-2-4-16-31)22-25(34)29(10-6-8-26(21,22)36-19)13-12-28-14-17-35-18-15-28/h5-8,19-22,31H,2-4,9-18H2,1H3/t19-,20+,21+,22?,26+/m1/s1. The Morgan fingerprint density at radius 2 is 1.81 bits per heavy atom. The summed E-state index contributed by atoms with van der Waals surface area (Å²) in [5.41, 5.74) is 0. The van der Waals surface area contributed by atoms with Crippen molar-refractivity contribution in [1.82, 2.24) is 19.6 Å². The van der Waals surface area contributed by atoms with E-state index in [0.29, 0.717) is 45.8 Å². The van der Waals surface area contributed by atoms with Crippen LogP contribution in [0.25, 0.3) is 0 Å². The minimum Gasteiger partial charge on any atom is -0.396 e. The molecule has 5 aliphatic rings. The second-order valence-electron chi connectivity index (χ2n) is 10.4. The van der Waals surface area contributed by atoms with Crippen LogP contribution in [-0.2, 0) is 19.1 Å². The van der Waals surface area contributed by atoms with Gasteiger partial charge >= 0.3 is 0 Å². The van der Waals surface area contributed by atoms with Gasteiger partial charge in [0, 0.05) is 64.7 Å². The maximum Gasteiger partial charge on any atom is 0.247 e. The first-order valence-corrected chi connectivity index (χ1v) is 14.1. The minimum absolute atomic E-state index is 0.0112. The zero-order chi connectivity index (χ0) is 25.3. The number of carbonyl (C=O) groups excluding carboxylic acids is 3. The Morgan fingerprint density at radius 1 is 1.00 bits per heavy atom. The van der Waals surface area contributed by atoms with E-state index in [2.05, 4.69) is 17.1 Å². The molecule has 0 aromatic rings. The number of aliphatic hydroxyl groups excluding tert-OH is 1. The molecule has 1 spiro atoms. The molecule has 5 rings (SSSR count). The molecular formula is C26H38N4O5S. The van der Waals surface area contributed by atoms with Gasteiger partial charge in [0.15, 0.2) is 0 Å². The van der Waals surface area contributed by atoms with Crippen molar-refractivity contribution in [2.24, 2.45) is 11.8 Å². The van der Waals surface area contributed by atoms with Crippen LogP contribution in [0.1, 0.15) is 19.3 Å². The molecular weight excluding hydrogens is 480 g/mol. The number of morpholine rings is 1. The summed E-state index contributed by atoms with van der Waals surface area (Å²) in [4.78, 5) is 49.3. The molecule has 0 aliphatic carbocycles. The molecule has 36 heavy (non-hydrogen) atoms. The Balaban J connectivity index is 1.44. The van der Waals surface area contributed by atoms with E-state index in [9.17, 15) is 19.5 Å². The van der Waals surface area contributed by atoms with Crippen molar-refractivity contribution in [3.63, 3.8) is 0 Å². The van der Waals surface area contributed by atoms with Crippen molar-refractivity contribution in [2.45, 2.75) is 35.3 Å². The van der Waals surface area contributed by atoms with Crippen molar-refractivity contribution in [1.29, 1.82) is 0 Å². The number of hydrogen-bond donors (Lipinski definition) is 1. The first kappa shape index (κ1) is 25.8. The highest BCUT2D eigenvalue weighted by molar-refractivity contribution is 8.02. The number of likely N-dealkylation sites (tertiary alicyclic amines) is 1. The van der Waals surface area contributed by atoms with Gasteiger partial charge in [-0.25, -0.2) is 0 Å². The van der Waals surface area contributed by atoms with Gasteiger partial charge in [0.05, 0.1) is 29.8 Å². The monoisotopic (exact) mass is 518 g/mol. The van der Waals surface area contributed by atoms with Crippen molar-refractivity contribution < 1.29 is 24.2 Å². The van der Waals surface area contributed by atoms with Gasteiger partial charge in [-0.05, 0) is 19.3 Å². The third kappa shape index (κ3) is 4.50. The molecule has 9 nitrogen and oxygen atoms in total.